The van der Waals surface area contributed by atoms with Crippen molar-refractivity contribution >= 4 is 33.2 Å². The number of hydrogen-bond acceptors (Lipinski definition) is 6. The lowest BCUT2D eigenvalue weighted by Crippen LogP contribution is -2.51. The number of nitrogens with zero attached hydrogens (tertiary/aromatic N) is 1. The summed E-state index contributed by atoms with van der Waals surface area (Å²) in [5.74, 6) is -1.76. The van der Waals surface area contributed by atoms with E-state index in [2.05, 4.69) is 5.32 Å². The predicted molar refractivity (Wildman–Crippen MR) is 87.3 cm³/mol. The van der Waals surface area contributed by atoms with Crippen molar-refractivity contribution in [3.8, 4) is 0 Å². The van der Waals surface area contributed by atoms with E-state index in [0.29, 0.717) is 12.8 Å². The van der Waals surface area contributed by atoms with Gasteiger partial charge in [0.2, 0.25) is 5.91 Å². The zero-order valence-corrected chi connectivity index (χ0v) is 14.8. The number of carbonyl (C=O) groups excluding carboxylic acids is 1. The van der Waals surface area contributed by atoms with Gasteiger partial charge in [-0.2, -0.15) is 4.31 Å². The molecule has 10 heteroatoms. The normalized spacial score (nSPS) is 20.0. The zero-order chi connectivity index (χ0) is 17.7. The molecule has 0 radical (unpaired) electrons. The monoisotopic (exact) mass is 376 g/mol. The molecular formula is C14H20N2O6S2. The summed E-state index contributed by atoms with van der Waals surface area (Å²) in [4.78, 5) is 23.7. The summed E-state index contributed by atoms with van der Waals surface area (Å²) in [5, 5.41) is 13.2. The first-order chi connectivity index (χ1) is 11.4. The van der Waals surface area contributed by atoms with Gasteiger partial charge in [0.25, 0.3) is 10.0 Å². The third-order valence-corrected chi connectivity index (χ3v) is 7.07. The van der Waals surface area contributed by atoms with E-state index in [4.69, 9.17) is 9.84 Å². The molecule has 0 saturated carbocycles. The van der Waals surface area contributed by atoms with E-state index >= 15 is 0 Å². The number of sulfonamides is 1. The van der Waals surface area contributed by atoms with Crippen LogP contribution in [0.2, 0.25) is 0 Å². The van der Waals surface area contributed by atoms with Gasteiger partial charge in [-0.25, -0.2) is 13.2 Å². The van der Waals surface area contributed by atoms with Crippen LogP contribution in [0.15, 0.2) is 21.7 Å². The number of ether oxygens (including phenoxy) is 1. The van der Waals surface area contributed by atoms with Crippen LogP contribution in [-0.2, 0) is 24.3 Å². The maximum atomic E-state index is 12.6. The molecule has 1 fully saturated rings. The summed E-state index contributed by atoms with van der Waals surface area (Å²) < 4.78 is 31.4. The number of methoxy groups -OCH3 is 1. The minimum Gasteiger partial charge on any atom is -0.480 e. The highest BCUT2D eigenvalue weighted by atomic mass is 32.2. The summed E-state index contributed by atoms with van der Waals surface area (Å²) in [6.45, 7) is 0.424. The zero-order valence-electron chi connectivity index (χ0n) is 13.2. The van der Waals surface area contributed by atoms with E-state index in [-0.39, 0.29) is 23.8 Å². The molecule has 2 rings (SSSR count). The number of carboxylic acids is 1. The Morgan fingerprint density at radius 1 is 1.54 bits per heavy atom. The number of rotatable bonds is 8. The largest absolute Gasteiger partial charge is 0.480 e. The second kappa shape index (κ2) is 8.06. The maximum Gasteiger partial charge on any atom is 0.326 e. The van der Waals surface area contributed by atoms with E-state index in [0.717, 1.165) is 15.6 Å². The molecule has 2 atom stereocenters. The number of aliphatic carboxylic acids is 1. The number of carbonyl (C=O) groups is 2. The molecule has 1 saturated heterocycles. The highest BCUT2D eigenvalue weighted by Gasteiger charge is 2.40. The van der Waals surface area contributed by atoms with Crippen molar-refractivity contribution in [3.63, 3.8) is 0 Å². The van der Waals surface area contributed by atoms with Gasteiger partial charge in [0, 0.05) is 26.7 Å². The van der Waals surface area contributed by atoms with Gasteiger partial charge in [0.1, 0.15) is 16.3 Å². The van der Waals surface area contributed by atoms with Crippen LogP contribution >= 0.6 is 11.3 Å². The molecule has 134 valence electrons. The Kier molecular flexibility index (Phi) is 6.33. The molecule has 0 aromatic carbocycles. The first-order valence-corrected chi connectivity index (χ1v) is 9.77. The molecule has 1 aliphatic heterocycles. The van der Waals surface area contributed by atoms with Crippen LogP contribution in [0.4, 0.5) is 0 Å². The molecule has 8 nitrogen and oxygen atoms in total. The quantitative estimate of drug-likeness (QED) is 0.683. The van der Waals surface area contributed by atoms with Crippen LogP contribution < -0.4 is 5.32 Å². The molecular weight excluding hydrogens is 356 g/mol. The fourth-order valence-corrected chi connectivity index (χ4v) is 5.35. The molecule has 0 spiro atoms. The van der Waals surface area contributed by atoms with Crippen molar-refractivity contribution in [1.29, 1.82) is 0 Å². The minimum atomic E-state index is -3.74. The van der Waals surface area contributed by atoms with E-state index in [1.165, 1.54) is 13.2 Å². The Balaban J connectivity index is 2.12. The third kappa shape index (κ3) is 4.12. The van der Waals surface area contributed by atoms with E-state index < -0.39 is 34.0 Å². The van der Waals surface area contributed by atoms with Crippen molar-refractivity contribution in [1.82, 2.24) is 9.62 Å². The van der Waals surface area contributed by atoms with Crippen LogP contribution in [0.5, 0.6) is 0 Å². The lowest BCUT2D eigenvalue weighted by molar-refractivity contribution is -0.142. The topological polar surface area (TPSA) is 113 Å². The summed E-state index contributed by atoms with van der Waals surface area (Å²) in [6, 6.07) is 1.13. The molecule has 1 aliphatic rings. The summed E-state index contributed by atoms with van der Waals surface area (Å²) in [7, 11) is -2.31. The number of nitrogens with one attached hydrogen (secondary N) is 1. The van der Waals surface area contributed by atoms with Gasteiger partial charge in [-0.05, 0) is 24.3 Å². The number of hydrogen-bond donors (Lipinski definition) is 2. The number of carboxylic acid groups (broad SMARTS) is 1. The standard InChI is InChI=1S/C14H20N2O6S2/c1-22-8-6-10(14(18)19)15-13(17)11-4-2-7-16(11)24(20,21)12-5-3-9-23-12/h3,5,9-11H,2,4,6-8H2,1H3,(H,15,17)(H,18,19). The van der Waals surface area contributed by atoms with Gasteiger partial charge in [-0.15, -0.1) is 11.3 Å². The molecule has 24 heavy (non-hydrogen) atoms. The van der Waals surface area contributed by atoms with Crippen molar-refractivity contribution in [2.45, 2.75) is 35.6 Å². The van der Waals surface area contributed by atoms with Gasteiger partial charge in [-0.1, -0.05) is 6.07 Å². The van der Waals surface area contributed by atoms with Crippen LogP contribution in [-0.4, -0.2) is 62.1 Å². The number of thiophene rings is 1. The van der Waals surface area contributed by atoms with Gasteiger partial charge < -0.3 is 15.2 Å². The molecule has 1 amide bonds. The first kappa shape index (κ1) is 18.8. The number of amides is 1. The van der Waals surface area contributed by atoms with Gasteiger partial charge in [-0.3, -0.25) is 4.79 Å². The molecule has 0 bridgehead atoms. The van der Waals surface area contributed by atoms with Crippen LogP contribution in [0.3, 0.4) is 0 Å². The third-order valence-electron chi connectivity index (χ3n) is 3.79. The first-order valence-electron chi connectivity index (χ1n) is 7.45. The van der Waals surface area contributed by atoms with Crippen LogP contribution in [0, 0.1) is 0 Å². The van der Waals surface area contributed by atoms with Crippen LogP contribution in [0.1, 0.15) is 19.3 Å². The Morgan fingerprint density at radius 3 is 2.88 bits per heavy atom. The Bertz CT molecular complexity index is 673. The van der Waals surface area contributed by atoms with E-state index in [9.17, 15) is 18.0 Å². The average molecular weight is 376 g/mol. The molecule has 2 heterocycles. The molecule has 0 aliphatic carbocycles. The van der Waals surface area contributed by atoms with E-state index in [1.807, 2.05) is 0 Å². The maximum absolute atomic E-state index is 12.6. The lowest BCUT2D eigenvalue weighted by Gasteiger charge is -2.24. The Hall–Kier alpha value is -1.49. The van der Waals surface area contributed by atoms with Crippen molar-refractivity contribution in [2.24, 2.45) is 0 Å². The van der Waals surface area contributed by atoms with Crippen molar-refractivity contribution in [3.05, 3.63) is 17.5 Å². The highest BCUT2D eigenvalue weighted by molar-refractivity contribution is 7.91. The molecule has 2 N–H and O–H groups in total. The van der Waals surface area contributed by atoms with Crippen molar-refractivity contribution in [2.75, 3.05) is 20.3 Å². The van der Waals surface area contributed by atoms with Crippen molar-refractivity contribution < 1.29 is 27.9 Å². The van der Waals surface area contributed by atoms with Gasteiger partial charge >= 0.3 is 5.97 Å². The molecule has 1 aromatic heterocycles. The summed E-state index contributed by atoms with van der Waals surface area (Å²) in [6.07, 6.45) is 1.04. The lowest BCUT2D eigenvalue weighted by atomic mass is 10.1. The predicted octanol–water partition coefficient (Wildman–Crippen LogP) is 0.507. The highest BCUT2D eigenvalue weighted by Crippen LogP contribution is 2.28. The second-order valence-electron chi connectivity index (χ2n) is 5.39. The SMILES string of the molecule is COCCC(NC(=O)C1CCCN1S(=O)(=O)c1cccs1)C(=O)O. The smallest absolute Gasteiger partial charge is 0.326 e. The summed E-state index contributed by atoms with van der Waals surface area (Å²) >= 11 is 1.09. The average Bonchev–Trinajstić information content (AvgIpc) is 3.22. The fourth-order valence-electron chi connectivity index (χ4n) is 2.58. The minimum absolute atomic E-state index is 0.113. The molecule has 1 aromatic rings. The van der Waals surface area contributed by atoms with Gasteiger partial charge in [0.05, 0.1) is 0 Å². The molecule has 2 unspecified atom stereocenters. The van der Waals surface area contributed by atoms with Crippen LogP contribution in [0.25, 0.3) is 0 Å². The van der Waals surface area contributed by atoms with E-state index in [1.54, 1.807) is 11.4 Å². The Labute approximate surface area is 144 Å². The second-order valence-corrected chi connectivity index (χ2v) is 8.45. The summed E-state index contributed by atoms with van der Waals surface area (Å²) in [5.41, 5.74) is 0. The van der Waals surface area contributed by atoms with Gasteiger partial charge in [0.15, 0.2) is 0 Å². The Morgan fingerprint density at radius 2 is 2.29 bits per heavy atom. The fraction of sp³-hybridized carbons (Fsp3) is 0.571.